The Morgan fingerprint density at radius 1 is 1.20 bits per heavy atom. The van der Waals surface area contributed by atoms with Crippen LogP contribution in [0.25, 0.3) is 21.6 Å². The fourth-order valence-electron chi connectivity index (χ4n) is 4.17. The zero-order chi connectivity index (χ0) is 20.9. The van der Waals surface area contributed by atoms with Crippen molar-refractivity contribution in [2.75, 3.05) is 6.54 Å². The minimum atomic E-state index is -3.69. The van der Waals surface area contributed by atoms with Crippen molar-refractivity contribution in [3.05, 3.63) is 42.5 Å². The van der Waals surface area contributed by atoms with Crippen molar-refractivity contribution in [3.8, 4) is 10.6 Å². The van der Waals surface area contributed by atoms with Crippen molar-refractivity contribution in [1.82, 2.24) is 15.4 Å². The SMILES string of the molecule is O=C1NC(=O)C2(CCC(CNS(=O)(=O)c3ccc(-c4cc5ccccc5o4)s3)C2)N1. The van der Waals surface area contributed by atoms with Crippen molar-refractivity contribution < 1.29 is 22.4 Å². The van der Waals surface area contributed by atoms with Gasteiger partial charge in [-0.15, -0.1) is 11.3 Å². The molecule has 0 bridgehead atoms. The molecule has 2 atom stereocenters. The number of urea groups is 1. The number of benzene rings is 1. The Morgan fingerprint density at radius 3 is 2.80 bits per heavy atom. The highest BCUT2D eigenvalue weighted by Gasteiger charge is 2.50. The molecule has 3 N–H and O–H groups in total. The van der Waals surface area contributed by atoms with Crippen LogP contribution in [0.5, 0.6) is 0 Å². The number of fused-ring (bicyclic) bond motifs is 1. The van der Waals surface area contributed by atoms with E-state index in [2.05, 4.69) is 15.4 Å². The maximum absolute atomic E-state index is 12.8. The summed E-state index contributed by atoms with van der Waals surface area (Å²) in [6.07, 6.45) is 1.58. The van der Waals surface area contributed by atoms with E-state index in [-0.39, 0.29) is 22.6 Å². The second kappa shape index (κ2) is 6.93. The zero-order valence-electron chi connectivity index (χ0n) is 15.8. The summed E-state index contributed by atoms with van der Waals surface area (Å²) in [6.45, 7) is 0.213. The first kappa shape index (κ1) is 19.3. The van der Waals surface area contributed by atoms with E-state index in [0.29, 0.717) is 25.0 Å². The van der Waals surface area contributed by atoms with Gasteiger partial charge in [-0.1, -0.05) is 18.2 Å². The van der Waals surface area contributed by atoms with Crippen LogP contribution in [0, 0.1) is 5.92 Å². The molecule has 156 valence electrons. The van der Waals surface area contributed by atoms with Crippen LogP contribution in [0.1, 0.15) is 19.3 Å². The van der Waals surface area contributed by atoms with E-state index in [1.807, 2.05) is 30.3 Å². The maximum atomic E-state index is 12.8. The van der Waals surface area contributed by atoms with Gasteiger partial charge in [0.15, 0.2) is 0 Å². The van der Waals surface area contributed by atoms with Gasteiger partial charge in [0.25, 0.3) is 5.91 Å². The number of nitrogens with one attached hydrogen (secondary N) is 3. The third-order valence-electron chi connectivity index (χ3n) is 5.71. The molecule has 3 heterocycles. The highest BCUT2D eigenvalue weighted by molar-refractivity contribution is 7.91. The molecular weight excluding hydrogens is 426 g/mol. The molecule has 1 saturated carbocycles. The number of carbonyl (C=O) groups is 2. The van der Waals surface area contributed by atoms with Crippen LogP contribution in [-0.2, 0) is 14.8 Å². The van der Waals surface area contributed by atoms with Gasteiger partial charge in [-0.2, -0.15) is 0 Å². The fraction of sp³-hybridized carbons (Fsp3) is 0.300. The largest absolute Gasteiger partial charge is 0.455 e. The molecule has 1 aromatic carbocycles. The normalized spacial score (nSPS) is 23.9. The lowest BCUT2D eigenvalue weighted by Crippen LogP contribution is -2.44. The Labute approximate surface area is 176 Å². The third kappa shape index (κ3) is 3.30. The molecule has 2 fully saturated rings. The molecule has 5 rings (SSSR count). The van der Waals surface area contributed by atoms with Gasteiger partial charge >= 0.3 is 6.03 Å². The van der Waals surface area contributed by atoms with Crippen LogP contribution < -0.4 is 15.4 Å². The van der Waals surface area contributed by atoms with Gasteiger partial charge < -0.3 is 9.73 Å². The number of amides is 3. The van der Waals surface area contributed by atoms with E-state index in [1.165, 1.54) is 0 Å². The van der Waals surface area contributed by atoms with Gasteiger partial charge in [-0.25, -0.2) is 17.9 Å². The van der Waals surface area contributed by atoms with Crippen LogP contribution in [0.2, 0.25) is 0 Å². The monoisotopic (exact) mass is 445 g/mol. The molecule has 8 nitrogen and oxygen atoms in total. The fourth-order valence-corrected chi connectivity index (χ4v) is 6.59. The number of carbonyl (C=O) groups excluding carboxylic acids is 2. The van der Waals surface area contributed by atoms with Gasteiger partial charge in [-0.05, 0) is 49.4 Å². The van der Waals surface area contributed by atoms with Gasteiger partial charge in [-0.3, -0.25) is 10.1 Å². The molecule has 1 spiro atoms. The van der Waals surface area contributed by atoms with Crippen molar-refractivity contribution in [3.63, 3.8) is 0 Å². The van der Waals surface area contributed by atoms with Crippen molar-refractivity contribution >= 4 is 44.3 Å². The van der Waals surface area contributed by atoms with Crippen LogP contribution in [0.3, 0.4) is 0 Å². The van der Waals surface area contributed by atoms with Crippen LogP contribution in [-0.4, -0.2) is 32.4 Å². The van der Waals surface area contributed by atoms with E-state index in [4.69, 9.17) is 4.42 Å². The number of thiophene rings is 1. The highest BCUT2D eigenvalue weighted by Crippen LogP contribution is 2.37. The van der Waals surface area contributed by atoms with Gasteiger partial charge in [0, 0.05) is 11.9 Å². The summed E-state index contributed by atoms with van der Waals surface area (Å²) in [5.74, 6) is 0.272. The molecular formula is C20H19N3O5S2. The number of para-hydroxylation sites is 1. The minimum absolute atomic E-state index is 0.0290. The number of hydrogen-bond acceptors (Lipinski definition) is 6. The number of hydrogen-bond donors (Lipinski definition) is 3. The van der Waals surface area contributed by atoms with E-state index in [0.717, 1.165) is 27.2 Å². The summed E-state index contributed by atoms with van der Waals surface area (Å²) in [5, 5.41) is 5.91. The van der Waals surface area contributed by atoms with Crippen molar-refractivity contribution in [2.45, 2.75) is 29.0 Å². The number of sulfonamides is 1. The van der Waals surface area contributed by atoms with Gasteiger partial charge in [0.05, 0.1) is 4.88 Å². The smallest absolute Gasteiger partial charge is 0.322 e. The summed E-state index contributed by atoms with van der Waals surface area (Å²) in [4.78, 5) is 24.2. The standard InChI is InChI=1S/C20H19N3O5S2/c24-18-20(23-19(25)22-18)8-7-12(10-20)11-21-30(26,27)17-6-5-16(29-17)15-9-13-3-1-2-4-14(13)28-15/h1-6,9,12,21H,7-8,10-11H2,(H2,22,23,24,25). The summed E-state index contributed by atoms with van der Waals surface area (Å²) < 4.78 is 34.2. The molecule has 3 amide bonds. The molecule has 2 unspecified atom stereocenters. The molecule has 2 aliphatic rings. The number of rotatable bonds is 5. The Hall–Kier alpha value is -2.69. The van der Waals surface area contributed by atoms with Gasteiger partial charge in [0.1, 0.15) is 21.1 Å². The number of furan rings is 1. The Bertz CT molecular complexity index is 1230. The van der Waals surface area contributed by atoms with Crippen LogP contribution in [0.4, 0.5) is 4.79 Å². The topological polar surface area (TPSA) is 118 Å². The first-order valence-electron chi connectivity index (χ1n) is 9.57. The number of imide groups is 1. The van der Waals surface area contributed by atoms with Crippen molar-refractivity contribution in [1.29, 1.82) is 0 Å². The lowest BCUT2D eigenvalue weighted by atomic mass is 9.96. The lowest BCUT2D eigenvalue weighted by Gasteiger charge is -2.19. The zero-order valence-corrected chi connectivity index (χ0v) is 17.4. The van der Waals surface area contributed by atoms with Crippen LogP contribution in [0.15, 0.2) is 51.1 Å². The van der Waals surface area contributed by atoms with E-state index >= 15 is 0 Å². The average Bonchev–Trinajstić information content (AvgIpc) is 3.47. The third-order valence-corrected chi connectivity index (χ3v) is 8.72. The predicted octanol–water partition coefficient (Wildman–Crippen LogP) is 2.82. The van der Waals surface area contributed by atoms with Crippen molar-refractivity contribution in [2.24, 2.45) is 5.92 Å². The highest BCUT2D eigenvalue weighted by atomic mass is 32.2. The summed E-state index contributed by atoms with van der Waals surface area (Å²) in [6, 6.07) is 12.3. The van der Waals surface area contributed by atoms with E-state index in [1.54, 1.807) is 12.1 Å². The molecule has 30 heavy (non-hydrogen) atoms. The first-order valence-corrected chi connectivity index (χ1v) is 11.9. The Kier molecular flexibility index (Phi) is 4.46. The lowest BCUT2D eigenvalue weighted by molar-refractivity contribution is -0.123. The predicted molar refractivity (Wildman–Crippen MR) is 111 cm³/mol. The molecule has 2 aromatic heterocycles. The van der Waals surface area contributed by atoms with E-state index < -0.39 is 21.6 Å². The minimum Gasteiger partial charge on any atom is -0.455 e. The molecule has 1 aliphatic heterocycles. The molecule has 1 saturated heterocycles. The molecule has 3 aromatic rings. The first-order chi connectivity index (χ1) is 14.3. The van der Waals surface area contributed by atoms with Gasteiger partial charge in [0.2, 0.25) is 10.0 Å². The summed E-state index contributed by atoms with van der Waals surface area (Å²) in [5.41, 5.74) is -0.147. The quantitative estimate of drug-likeness (QED) is 0.522. The molecule has 0 radical (unpaired) electrons. The second-order valence-electron chi connectivity index (χ2n) is 7.72. The average molecular weight is 446 g/mol. The Morgan fingerprint density at radius 2 is 2.03 bits per heavy atom. The Balaban J connectivity index is 1.27. The summed E-state index contributed by atoms with van der Waals surface area (Å²) >= 11 is 1.14. The molecule has 10 heteroatoms. The van der Waals surface area contributed by atoms with Crippen LogP contribution >= 0.6 is 11.3 Å². The summed E-state index contributed by atoms with van der Waals surface area (Å²) in [7, 11) is -3.69. The maximum Gasteiger partial charge on any atom is 0.322 e. The second-order valence-corrected chi connectivity index (χ2v) is 10.8. The van der Waals surface area contributed by atoms with E-state index in [9.17, 15) is 18.0 Å². The molecule has 1 aliphatic carbocycles.